The summed E-state index contributed by atoms with van der Waals surface area (Å²) in [6, 6.07) is 14.3. The Hall–Kier alpha value is -0.650. The minimum atomic E-state index is 0.627. The largest absolute Gasteiger partial charge is 0.493 e. The first kappa shape index (κ1) is 16.7. The van der Waals surface area contributed by atoms with E-state index in [1.807, 2.05) is 30.3 Å². The van der Waals surface area contributed by atoms with Gasteiger partial charge in [0.1, 0.15) is 0 Å². The second-order valence-electron chi connectivity index (χ2n) is 4.25. The van der Waals surface area contributed by atoms with Gasteiger partial charge in [0.2, 0.25) is 0 Å². The average Bonchev–Trinajstić information content (AvgIpc) is 2.53. The van der Waals surface area contributed by atoms with Crippen LogP contribution in [0.15, 0.2) is 51.8 Å². The predicted octanol–water partition coefficient (Wildman–Crippen LogP) is 5.52. The van der Waals surface area contributed by atoms with Gasteiger partial charge < -0.3 is 9.47 Å². The molecule has 0 saturated carbocycles. The Labute approximate surface area is 146 Å². The molecule has 0 aliphatic rings. The smallest absolute Gasteiger partial charge is 0.175 e. The van der Waals surface area contributed by atoms with Crippen LogP contribution in [0.25, 0.3) is 0 Å². The standard InChI is InChI=1S/C16H16Br2O2S/c1-19-15-10-12(11-17)9-14(18)16(15)20-7-8-21-13-5-3-2-4-6-13/h2-6,9-10H,7-8,11H2,1H3. The summed E-state index contributed by atoms with van der Waals surface area (Å²) in [5, 5.41) is 0.784. The molecule has 2 rings (SSSR count). The number of hydrogen-bond donors (Lipinski definition) is 0. The van der Waals surface area contributed by atoms with Crippen molar-refractivity contribution in [2.45, 2.75) is 10.2 Å². The summed E-state index contributed by atoms with van der Waals surface area (Å²) in [6.07, 6.45) is 0. The van der Waals surface area contributed by atoms with E-state index in [1.165, 1.54) is 4.90 Å². The van der Waals surface area contributed by atoms with Gasteiger partial charge in [0.15, 0.2) is 11.5 Å². The molecular weight excluding hydrogens is 416 g/mol. The Morgan fingerprint density at radius 1 is 1.14 bits per heavy atom. The molecule has 0 unspecified atom stereocenters. The van der Waals surface area contributed by atoms with Crippen LogP contribution in [0, 0.1) is 0 Å². The average molecular weight is 432 g/mol. The Morgan fingerprint density at radius 3 is 2.57 bits per heavy atom. The molecule has 0 amide bonds. The summed E-state index contributed by atoms with van der Waals surface area (Å²) in [4.78, 5) is 1.25. The van der Waals surface area contributed by atoms with Crippen molar-refractivity contribution < 1.29 is 9.47 Å². The lowest BCUT2D eigenvalue weighted by Crippen LogP contribution is -2.03. The molecule has 0 aliphatic heterocycles. The molecule has 0 heterocycles. The molecule has 0 fully saturated rings. The third kappa shape index (κ3) is 4.94. The monoisotopic (exact) mass is 430 g/mol. The van der Waals surface area contributed by atoms with Gasteiger partial charge in [0.25, 0.3) is 0 Å². The summed E-state index contributed by atoms with van der Waals surface area (Å²) in [5.74, 6) is 2.40. The van der Waals surface area contributed by atoms with Crippen LogP contribution in [-0.4, -0.2) is 19.5 Å². The van der Waals surface area contributed by atoms with E-state index in [4.69, 9.17) is 9.47 Å². The van der Waals surface area contributed by atoms with E-state index in [2.05, 4.69) is 44.0 Å². The first-order valence-electron chi connectivity index (χ1n) is 6.47. The highest BCUT2D eigenvalue weighted by molar-refractivity contribution is 9.10. The van der Waals surface area contributed by atoms with Gasteiger partial charge in [-0.15, -0.1) is 11.8 Å². The van der Waals surface area contributed by atoms with E-state index in [9.17, 15) is 0 Å². The van der Waals surface area contributed by atoms with Gasteiger partial charge in [-0.05, 0) is 45.8 Å². The highest BCUT2D eigenvalue weighted by Crippen LogP contribution is 2.37. The van der Waals surface area contributed by atoms with Gasteiger partial charge in [-0.2, -0.15) is 0 Å². The highest BCUT2D eigenvalue weighted by atomic mass is 79.9. The molecule has 2 aromatic rings. The maximum absolute atomic E-state index is 5.87. The van der Waals surface area contributed by atoms with Crippen LogP contribution < -0.4 is 9.47 Å². The van der Waals surface area contributed by atoms with Crippen molar-refractivity contribution in [2.75, 3.05) is 19.5 Å². The van der Waals surface area contributed by atoms with Gasteiger partial charge in [-0.25, -0.2) is 0 Å². The SMILES string of the molecule is COc1cc(CBr)cc(Br)c1OCCSc1ccccc1. The highest BCUT2D eigenvalue weighted by Gasteiger charge is 2.11. The summed E-state index contributed by atoms with van der Waals surface area (Å²) in [5.41, 5.74) is 1.14. The number of ether oxygens (including phenoxy) is 2. The van der Waals surface area contributed by atoms with E-state index in [0.29, 0.717) is 6.61 Å². The number of alkyl halides is 1. The normalized spacial score (nSPS) is 10.4. The number of thioether (sulfide) groups is 1. The van der Waals surface area contributed by atoms with E-state index in [0.717, 1.165) is 32.6 Å². The van der Waals surface area contributed by atoms with Gasteiger partial charge in [0, 0.05) is 16.0 Å². The summed E-state index contributed by atoms with van der Waals surface area (Å²) in [7, 11) is 1.66. The third-order valence-corrected chi connectivity index (χ3v) is 5.00. The topological polar surface area (TPSA) is 18.5 Å². The molecule has 2 nitrogen and oxygen atoms in total. The lowest BCUT2D eigenvalue weighted by molar-refractivity contribution is 0.311. The lowest BCUT2D eigenvalue weighted by Gasteiger charge is -2.13. The van der Waals surface area contributed by atoms with Crippen LogP contribution in [-0.2, 0) is 5.33 Å². The molecule has 0 N–H and O–H groups in total. The van der Waals surface area contributed by atoms with Crippen LogP contribution in [0.2, 0.25) is 0 Å². The zero-order valence-corrected chi connectivity index (χ0v) is 15.6. The quantitative estimate of drug-likeness (QED) is 0.326. The Balaban J connectivity index is 1.93. The van der Waals surface area contributed by atoms with Crippen molar-refractivity contribution in [3.05, 3.63) is 52.5 Å². The molecule has 0 bridgehead atoms. The summed E-state index contributed by atoms with van der Waals surface area (Å²) in [6.45, 7) is 0.627. The second kappa shape index (κ2) is 8.71. The van der Waals surface area contributed by atoms with Crippen molar-refractivity contribution in [3.8, 4) is 11.5 Å². The molecule has 0 spiro atoms. The molecule has 5 heteroatoms. The van der Waals surface area contributed by atoms with Crippen LogP contribution in [0.3, 0.4) is 0 Å². The number of methoxy groups -OCH3 is 1. The predicted molar refractivity (Wildman–Crippen MR) is 96.0 cm³/mol. The summed E-state index contributed by atoms with van der Waals surface area (Å²) >= 11 is 8.77. The fourth-order valence-corrected chi connectivity index (χ4v) is 3.49. The first-order chi connectivity index (χ1) is 10.2. The van der Waals surface area contributed by atoms with Crippen molar-refractivity contribution >= 4 is 43.6 Å². The van der Waals surface area contributed by atoms with E-state index >= 15 is 0 Å². The molecule has 0 saturated heterocycles. The molecule has 2 aromatic carbocycles. The number of benzene rings is 2. The van der Waals surface area contributed by atoms with Gasteiger partial charge in [-0.1, -0.05) is 34.1 Å². The van der Waals surface area contributed by atoms with E-state index in [-0.39, 0.29) is 0 Å². The van der Waals surface area contributed by atoms with E-state index in [1.54, 1.807) is 18.9 Å². The second-order valence-corrected chi connectivity index (χ2v) is 6.84. The van der Waals surface area contributed by atoms with Crippen LogP contribution >= 0.6 is 43.6 Å². The van der Waals surface area contributed by atoms with Crippen molar-refractivity contribution in [3.63, 3.8) is 0 Å². The molecule has 0 aliphatic carbocycles. The van der Waals surface area contributed by atoms with Crippen molar-refractivity contribution in [1.29, 1.82) is 0 Å². The fourth-order valence-electron chi connectivity index (χ4n) is 1.81. The van der Waals surface area contributed by atoms with Crippen molar-refractivity contribution in [2.24, 2.45) is 0 Å². The maximum Gasteiger partial charge on any atom is 0.175 e. The fraction of sp³-hybridized carbons (Fsp3) is 0.250. The zero-order chi connectivity index (χ0) is 15.1. The summed E-state index contributed by atoms with van der Waals surface area (Å²) < 4.78 is 12.2. The van der Waals surface area contributed by atoms with Crippen LogP contribution in [0.1, 0.15) is 5.56 Å². The Kier molecular flexibility index (Phi) is 6.93. The molecular formula is C16H16Br2O2S. The molecule has 0 aromatic heterocycles. The minimum absolute atomic E-state index is 0.627. The van der Waals surface area contributed by atoms with Gasteiger partial charge in [-0.3, -0.25) is 0 Å². The van der Waals surface area contributed by atoms with Gasteiger partial charge in [0.05, 0.1) is 18.2 Å². The van der Waals surface area contributed by atoms with Gasteiger partial charge >= 0.3 is 0 Å². The molecule has 0 atom stereocenters. The molecule has 0 radical (unpaired) electrons. The first-order valence-corrected chi connectivity index (χ1v) is 9.37. The molecule has 21 heavy (non-hydrogen) atoms. The number of halogens is 2. The number of rotatable bonds is 7. The van der Waals surface area contributed by atoms with E-state index < -0.39 is 0 Å². The van der Waals surface area contributed by atoms with Crippen LogP contribution in [0.4, 0.5) is 0 Å². The van der Waals surface area contributed by atoms with Crippen molar-refractivity contribution in [1.82, 2.24) is 0 Å². The Bertz CT molecular complexity index is 576. The maximum atomic E-state index is 5.87. The minimum Gasteiger partial charge on any atom is -0.493 e. The zero-order valence-electron chi connectivity index (χ0n) is 11.6. The Morgan fingerprint density at radius 2 is 1.90 bits per heavy atom. The molecule has 112 valence electrons. The lowest BCUT2D eigenvalue weighted by atomic mass is 10.2. The van der Waals surface area contributed by atoms with Crippen LogP contribution in [0.5, 0.6) is 11.5 Å². The number of hydrogen-bond acceptors (Lipinski definition) is 3. The third-order valence-electron chi connectivity index (χ3n) is 2.79.